The lowest BCUT2D eigenvalue weighted by Crippen LogP contribution is -2.38. The minimum Gasteiger partial charge on any atom is -0.481 e. The van der Waals surface area contributed by atoms with Crippen LogP contribution in [0.4, 0.5) is 0 Å². The van der Waals surface area contributed by atoms with Gasteiger partial charge < -0.3 is 5.11 Å². The lowest BCUT2D eigenvalue weighted by Gasteiger charge is -2.31. The van der Waals surface area contributed by atoms with Crippen LogP contribution in [0.1, 0.15) is 34.1 Å². The first-order valence-corrected chi connectivity index (χ1v) is 7.57. The topological polar surface area (TPSA) is 66.0 Å². The molecule has 1 atom stereocenters. The van der Waals surface area contributed by atoms with Crippen LogP contribution in [0.3, 0.4) is 0 Å². The first-order chi connectivity index (χ1) is 8.18. The average Bonchev–Trinajstić information content (AvgIpc) is 2.61. The SMILES string of the molecule is CCC(C)([B]C(C)(C)Sc1n[nH]c(=S)s1)C(=O)O. The summed E-state index contributed by atoms with van der Waals surface area (Å²) < 4.78 is 1.13. The number of aliphatic carboxylic acids is 1. The normalized spacial score (nSPS) is 15.1. The molecule has 0 bridgehead atoms. The van der Waals surface area contributed by atoms with Crippen molar-refractivity contribution >= 4 is 48.6 Å². The molecule has 0 saturated carbocycles. The third kappa shape index (κ3) is 4.10. The summed E-state index contributed by atoms with van der Waals surface area (Å²) >= 11 is 7.90. The quantitative estimate of drug-likeness (QED) is 0.479. The zero-order valence-corrected chi connectivity index (χ0v) is 13.3. The van der Waals surface area contributed by atoms with E-state index < -0.39 is 11.3 Å². The number of carboxylic acid groups (broad SMARTS) is 1. The van der Waals surface area contributed by atoms with Crippen molar-refractivity contribution in [1.82, 2.24) is 10.2 Å². The second-order valence-electron chi connectivity index (χ2n) is 4.81. The highest BCUT2D eigenvalue weighted by atomic mass is 32.2. The number of hydrogen-bond donors (Lipinski definition) is 2. The van der Waals surface area contributed by atoms with Gasteiger partial charge in [0.25, 0.3) is 0 Å². The van der Waals surface area contributed by atoms with E-state index in [0.717, 1.165) is 4.34 Å². The fourth-order valence-corrected chi connectivity index (χ4v) is 4.30. The van der Waals surface area contributed by atoms with Gasteiger partial charge in [-0.2, -0.15) is 5.10 Å². The first-order valence-electron chi connectivity index (χ1n) is 5.53. The number of nitrogens with one attached hydrogen (secondary N) is 1. The van der Waals surface area contributed by atoms with Crippen LogP contribution < -0.4 is 0 Å². The molecule has 0 aliphatic carbocycles. The Bertz CT molecular complexity index is 485. The van der Waals surface area contributed by atoms with Gasteiger partial charge in [-0.1, -0.05) is 50.8 Å². The molecular weight excluding hydrogens is 287 g/mol. The molecule has 0 aliphatic rings. The van der Waals surface area contributed by atoms with Crippen LogP contribution in [-0.2, 0) is 4.79 Å². The lowest BCUT2D eigenvalue weighted by molar-refractivity contribution is -0.140. The molecule has 1 rings (SSSR count). The molecule has 4 nitrogen and oxygen atoms in total. The van der Waals surface area contributed by atoms with E-state index in [0.29, 0.717) is 10.4 Å². The van der Waals surface area contributed by atoms with Gasteiger partial charge in [-0.25, -0.2) is 0 Å². The van der Waals surface area contributed by atoms with Crippen LogP contribution in [-0.4, -0.2) is 33.2 Å². The van der Waals surface area contributed by atoms with Crippen molar-refractivity contribution < 1.29 is 9.90 Å². The van der Waals surface area contributed by atoms with E-state index in [1.165, 1.54) is 23.1 Å². The minimum atomic E-state index is -0.825. The zero-order valence-electron chi connectivity index (χ0n) is 10.8. The van der Waals surface area contributed by atoms with Crippen LogP contribution in [0.15, 0.2) is 4.34 Å². The largest absolute Gasteiger partial charge is 0.481 e. The second-order valence-corrected chi connectivity index (χ2v) is 8.37. The highest BCUT2D eigenvalue weighted by molar-refractivity contribution is 8.03. The van der Waals surface area contributed by atoms with Crippen LogP contribution in [0, 0.1) is 3.95 Å². The van der Waals surface area contributed by atoms with Gasteiger partial charge in [-0.15, -0.1) is 0 Å². The van der Waals surface area contributed by atoms with Gasteiger partial charge in [0.1, 0.15) is 0 Å². The van der Waals surface area contributed by atoms with Gasteiger partial charge in [0.2, 0.25) is 0 Å². The molecule has 18 heavy (non-hydrogen) atoms. The Morgan fingerprint density at radius 1 is 1.61 bits per heavy atom. The maximum atomic E-state index is 11.3. The van der Waals surface area contributed by atoms with Gasteiger partial charge >= 0.3 is 5.97 Å². The van der Waals surface area contributed by atoms with E-state index in [4.69, 9.17) is 12.2 Å². The molecule has 0 aromatic carbocycles. The molecular formula is C10H16BN2O2S3. The molecule has 8 heteroatoms. The fourth-order valence-electron chi connectivity index (χ4n) is 1.60. The van der Waals surface area contributed by atoms with E-state index in [9.17, 15) is 9.90 Å². The number of hydrogen-bond acceptors (Lipinski definition) is 5. The molecule has 0 saturated heterocycles. The predicted octanol–water partition coefficient (Wildman–Crippen LogP) is 3.41. The van der Waals surface area contributed by atoms with Gasteiger partial charge in [0.05, 0.1) is 0 Å². The molecule has 1 unspecified atom stereocenters. The maximum Gasteiger partial charge on any atom is 0.301 e. The summed E-state index contributed by atoms with van der Waals surface area (Å²) in [6.45, 7) is 7.59. The lowest BCUT2D eigenvalue weighted by atomic mass is 9.45. The molecule has 1 aromatic heterocycles. The number of H-pyrrole nitrogens is 1. The van der Waals surface area contributed by atoms with E-state index >= 15 is 0 Å². The molecule has 2 N–H and O–H groups in total. The smallest absolute Gasteiger partial charge is 0.301 e. The molecule has 0 spiro atoms. The predicted molar refractivity (Wildman–Crippen MR) is 79.3 cm³/mol. The highest BCUT2D eigenvalue weighted by Crippen LogP contribution is 2.40. The Kier molecular flexibility index (Phi) is 5.02. The molecule has 0 aliphatic heterocycles. The molecule has 0 amide bonds. The monoisotopic (exact) mass is 303 g/mol. The Balaban J connectivity index is 2.81. The molecule has 0 fully saturated rings. The number of carbonyl (C=O) groups is 1. The summed E-state index contributed by atoms with van der Waals surface area (Å²) in [7, 11) is 1.87. The third-order valence-corrected chi connectivity index (χ3v) is 4.95. The summed E-state index contributed by atoms with van der Waals surface area (Å²) in [5, 5.41) is 15.3. The van der Waals surface area contributed by atoms with Crippen molar-refractivity contribution in [3.8, 4) is 0 Å². The molecule has 99 valence electrons. The molecule has 1 aromatic rings. The fraction of sp³-hybridized carbons (Fsp3) is 0.700. The average molecular weight is 303 g/mol. The zero-order chi connectivity index (χ0) is 14.0. The van der Waals surface area contributed by atoms with Crippen LogP contribution in [0.25, 0.3) is 0 Å². The highest BCUT2D eigenvalue weighted by Gasteiger charge is 2.39. The summed E-state index contributed by atoms with van der Waals surface area (Å²) in [5.74, 6) is -0.798. The number of carboxylic acids is 1. The standard InChI is InChI=1S/C10H16BN2O2S3/c1-5-10(4,6(14)15)11-9(2,3)18-8-13-12-7(16)17-8/h5H2,1-4H3,(H,12,16)(H,14,15). The van der Waals surface area contributed by atoms with Gasteiger partial charge in [-0.05, 0) is 23.3 Å². The summed E-state index contributed by atoms with van der Waals surface area (Å²) in [6, 6.07) is 0. The van der Waals surface area contributed by atoms with Gasteiger partial charge in [0, 0.05) is 5.31 Å². The van der Waals surface area contributed by atoms with Crippen LogP contribution in [0.2, 0.25) is 5.31 Å². The summed E-state index contributed by atoms with van der Waals surface area (Å²) in [6.07, 6.45) is 0.558. The van der Waals surface area contributed by atoms with E-state index in [1.54, 1.807) is 6.92 Å². The van der Waals surface area contributed by atoms with Crippen molar-refractivity contribution in [2.45, 2.75) is 48.4 Å². The van der Waals surface area contributed by atoms with Gasteiger partial charge in [0.15, 0.2) is 15.6 Å². The first kappa shape index (κ1) is 15.7. The van der Waals surface area contributed by atoms with E-state index in [2.05, 4.69) is 10.2 Å². The summed E-state index contributed by atoms with van der Waals surface area (Å²) in [4.78, 5) is 11.3. The molecule has 1 heterocycles. The Morgan fingerprint density at radius 2 is 2.22 bits per heavy atom. The van der Waals surface area contributed by atoms with Crippen molar-refractivity contribution in [3.63, 3.8) is 0 Å². The number of thioether (sulfide) groups is 1. The Morgan fingerprint density at radius 3 is 2.61 bits per heavy atom. The number of nitrogens with zero attached hydrogens (tertiary/aromatic N) is 1. The Labute approximate surface area is 121 Å². The number of rotatable bonds is 6. The van der Waals surface area contributed by atoms with Crippen LogP contribution >= 0.6 is 35.3 Å². The number of aromatic nitrogens is 2. The van der Waals surface area contributed by atoms with Crippen molar-refractivity contribution in [1.29, 1.82) is 0 Å². The number of aromatic amines is 1. The van der Waals surface area contributed by atoms with E-state index in [1.807, 2.05) is 28.1 Å². The van der Waals surface area contributed by atoms with E-state index in [-0.39, 0.29) is 4.65 Å². The third-order valence-electron chi connectivity index (χ3n) is 2.66. The van der Waals surface area contributed by atoms with Crippen molar-refractivity contribution in [2.75, 3.05) is 0 Å². The minimum absolute atomic E-state index is 0.323. The second kappa shape index (κ2) is 5.75. The molecule has 1 radical (unpaired) electrons. The summed E-state index contributed by atoms with van der Waals surface area (Å²) in [5.41, 5.74) is 0. The van der Waals surface area contributed by atoms with Crippen molar-refractivity contribution in [3.05, 3.63) is 3.95 Å². The van der Waals surface area contributed by atoms with Gasteiger partial charge in [-0.3, -0.25) is 9.89 Å². The van der Waals surface area contributed by atoms with Crippen LogP contribution in [0.5, 0.6) is 0 Å². The van der Waals surface area contributed by atoms with Crippen molar-refractivity contribution in [2.24, 2.45) is 0 Å². The Hall–Kier alpha value is -0.335. The maximum absolute atomic E-state index is 11.3.